The van der Waals surface area contributed by atoms with Gasteiger partial charge in [0.1, 0.15) is 5.75 Å². The van der Waals surface area contributed by atoms with Crippen LogP contribution in [-0.2, 0) is 5.41 Å². The molecule has 1 aliphatic carbocycles. The second-order valence-electron chi connectivity index (χ2n) is 7.37. The van der Waals surface area contributed by atoms with Crippen LogP contribution in [0.25, 0.3) is 11.1 Å². The molecule has 116 valence electrons. The van der Waals surface area contributed by atoms with Crippen molar-refractivity contribution in [3.8, 4) is 16.9 Å². The lowest BCUT2D eigenvalue weighted by Crippen LogP contribution is -2.10. The highest BCUT2D eigenvalue weighted by Gasteiger charge is 2.22. The Labute approximate surface area is 133 Å². The molecular formula is C20H25NO. The second kappa shape index (κ2) is 5.68. The van der Waals surface area contributed by atoms with Crippen LogP contribution in [0.3, 0.4) is 0 Å². The number of anilines is 1. The van der Waals surface area contributed by atoms with Crippen molar-refractivity contribution in [3.05, 3.63) is 48.0 Å². The van der Waals surface area contributed by atoms with Crippen molar-refractivity contribution in [2.24, 2.45) is 5.92 Å². The number of nitrogens with two attached hydrogens (primary N) is 1. The standard InChI is InChI=1S/C20H25NO/c1-20(2,3)17-8-6-15(7-9-17)16-10-18(21)12-19(11-16)22-13-14-4-5-14/h6-12,14H,4-5,13,21H2,1-3H3. The van der Waals surface area contributed by atoms with E-state index < -0.39 is 0 Å². The van der Waals surface area contributed by atoms with Crippen molar-refractivity contribution in [2.75, 3.05) is 12.3 Å². The zero-order valence-electron chi connectivity index (χ0n) is 13.7. The largest absolute Gasteiger partial charge is 0.493 e. The van der Waals surface area contributed by atoms with E-state index >= 15 is 0 Å². The van der Waals surface area contributed by atoms with Crippen molar-refractivity contribution in [1.29, 1.82) is 0 Å². The maximum absolute atomic E-state index is 6.04. The molecule has 0 aliphatic heterocycles. The van der Waals surface area contributed by atoms with Crippen molar-refractivity contribution >= 4 is 5.69 Å². The molecule has 0 saturated heterocycles. The number of hydrogen-bond donors (Lipinski definition) is 1. The zero-order valence-corrected chi connectivity index (χ0v) is 13.7. The summed E-state index contributed by atoms with van der Waals surface area (Å²) in [7, 11) is 0. The van der Waals surface area contributed by atoms with Crippen molar-refractivity contribution in [1.82, 2.24) is 0 Å². The van der Waals surface area contributed by atoms with Gasteiger partial charge in [-0.15, -0.1) is 0 Å². The molecule has 0 unspecified atom stereocenters. The molecule has 2 heteroatoms. The van der Waals surface area contributed by atoms with Crippen LogP contribution in [0.15, 0.2) is 42.5 Å². The second-order valence-corrected chi connectivity index (χ2v) is 7.37. The fourth-order valence-electron chi connectivity index (χ4n) is 2.53. The van der Waals surface area contributed by atoms with Gasteiger partial charge in [0.05, 0.1) is 6.61 Å². The first-order valence-electron chi connectivity index (χ1n) is 8.06. The van der Waals surface area contributed by atoms with Gasteiger partial charge in [-0.25, -0.2) is 0 Å². The lowest BCUT2D eigenvalue weighted by atomic mass is 9.86. The summed E-state index contributed by atoms with van der Waals surface area (Å²) in [4.78, 5) is 0. The highest BCUT2D eigenvalue weighted by molar-refractivity contribution is 5.70. The van der Waals surface area contributed by atoms with Crippen LogP contribution < -0.4 is 10.5 Å². The van der Waals surface area contributed by atoms with Crippen LogP contribution in [0.1, 0.15) is 39.2 Å². The Kier molecular flexibility index (Phi) is 3.86. The van der Waals surface area contributed by atoms with Crippen molar-refractivity contribution in [2.45, 2.75) is 39.0 Å². The monoisotopic (exact) mass is 295 g/mol. The number of nitrogen functional groups attached to an aromatic ring is 1. The maximum Gasteiger partial charge on any atom is 0.121 e. The molecule has 2 nitrogen and oxygen atoms in total. The van der Waals surface area contributed by atoms with E-state index in [4.69, 9.17) is 10.5 Å². The van der Waals surface area contributed by atoms with E-state index in [0.29, 0.717) is 0 Å². The predicted octanol–water partition coefficient (Wildman–Crippen LogP) is 5.02. The first kappa shape index (κ1) is 15.0. The summed E-state index contributed by atoms with van der Waals surface area (Å²) < 4.78 is 5.87. The van der Waals surface area contributed by atoms with Gasteiger partial charge in [-0.2, -0.15) is 0 Å². The summed E-state index contributed by atoms with van der Waals surface area (Å²) in [5, 5.41) is 0. The van der Waals surface area contributed by atoms with Crippen LogP contribution in [0.4, 0.5) is 5.69 Å². The molecule has 0 amide bonds. The van der Waals surface area contributed by atoms with Gasteiger partial charge >= 0.3 is 0 Å². The van der Waals surface area contributed by atoms with Gasteiger partial charge in [-0.1, -0.05) is 45.0 Å². The molecule has 2 aromatic carbocycles. The number of hydrogen-bond acceptors (Lipinski definition) is 2. The Hall–Kier alpha value is -1.96. The molecule has 0 aromatic heterocycles. The molecule has 2 aromatic rings. The average Bonchev–Trinajstić information content (AvgIpc) is 3.28. The van der Waals surface area contributed by atoms with E-state index in [1.165, 1.54) is 24.0 Å². The summed E-state index contributed by atoms with van der Waals surface area (Å²) in [5.41, 5.74) is 10.6. The minimum atomic E-state index is 0.173. The Balaban J connectivity index is 1.83. The van der Waals surface area contributed by atoms with Crippen LogP contribution in [0.2, 0.25) is 0 Å². The minimum Gasteiger partial charge on any atom is -0.493 e. The van der Waals surface area contributed by atoms with Crippen molar-refractivity contribution < 1.29 is 4.74 Å². The molecule has 0 bridgehead atoms. The quantitative estimate of drug-likeness (QED) is 0.804. The summed E-state index contributed by atoms with van der Waals surface area (Å²) in [6.07, 6.45) is 2.59. The molecule has 0 atom stereocenters. The third-order valence-electron chi connectivity index (χ3n) is 4.20. The van der Waals surface area contributed by atoms with E-state index in [1.54, 1.807) is 0 Å². The van der Waals surface area contributed by atoms with E-state index in [-0.39, 0.29) is 5.41 Å². The highest BCUT2D eigenvalue weighted by atomic mass is 16.5. The smallest absolute Gasteiger partial charge is 0.121 e. The molecular weight excluding hydrogens is 270 g/mol. The molecule has 0 heterocycles. The normalized spacial score (nSPS) is 14.9. The summed E-state index contributed by atoms with van der Waals surface area (Å²) in [6.45, 7) is 7.50. The Morgan fingerprint density at radius 2 is 1.68 bits per heavy atom. The van der Waals surface area contributed by atoms with Crippen LogP contribution >= 0.6 is 0 Å². The number of ether oxygens (including phenoxy) is 1. The first-order valence-corrected chi connectivity index (χ1v) is 8.06. The molecule has 3 rings (SSSR count). The number of benzene rings is 2. The van der Waals surface area contributed by atoms with Gasteiger partial charge in [0.25, 0.3) is 0 Å². The van der Waals surface area contributed by atoms with Gasteiger partial charge < -0.3 is 10.5 Å². The Bertz CT molecular complexity index is 648. The van der Waals surface area contributed by atoms with E-state index in [2.05, 4.69) is 51.1 Å². The molecule has 1 fully saturated rings. The summed E-state index contributed by atoms with van der Waals surface area (Å²) in [5.74, 6) is 1.62. The maximum atomic E-state index is 6.04. The fraction of sp³-hybridized carbons (Fsp3) is 0.400. The fourth-order valence-corrected chi connectivity index (χ4v) is 2.53. The van der Waals surface area contributed by atoms with Gasteiger partial charge in [0.2, 0.25) is 0 Å². The van der Waals surface area contributed by atoms with Crippen LogP contribution in [0, 0.1) is 5.92 Å². The third-order valence-corrected chi connectivity index (χ3v) is 4.20. The number of rotatable bonds is 4. The Morgan fingerprint density at radius 3 is 2.27 bits per heavy atom. The summed E-state index contributed by atoms with van der Waals surface area (Å²) >= 11 is 0. The molecule has 22 heavy (non-hydrogen) atoms. The lowest BCUT2D eigenvalue weighted by Gasteiger charge is -2.19. The minimum absolute atomic E-state index is 0.173. The van der Waals surface area contributed by atoms with Gasteiger partial charge in [-0.05, 0) is 53.0 Å². The van der Waals surface area contributed by atoms with Crippen molar-refractivity contribution in [3.63, 3.8) is 0 Å². The molecule has 2 N–H and O–H groups in total. The van der Waals surface area contributed by atoms with E-state index in [1.807, 2.05) is 12.1 Å². The molecule has 1 saturated carbocycles. The van der Waals surface area contributed by atoms with Crippen LogP contribution in [0.5, 0.6) is 5.75 Å². The molecule has 0 radical (unpaired) electrons. The highest BCUT2D eigenvalue weighted by Crippen LogP contribution is 2.32. The molecule has 1 aliphatic rings. The van der Waals surface area contributed by atoms with Gasteiger partial charge in [0.15, 0.2) is 0 Å². The average molecular weight is 295 g/mol. The zero-order chi connectivity index (χ0) is 15.7. The Morgan fingerprint density at radius 1 is 1.00 bits per heavy atom. The first-order chi connectivity index (χ1) is 10.4. The third kappa shape index (κ3) is 3.62. The van der Waals surface area contributed by atoms with E-state index in [9.17, 15) is 0 Å². The van der Waals surface area contributed by atoms with Gasteiger partial charge in [-0.3, -0.25) is 0 Å². The lowest BCUT2D eigenvalue weighted by molar-refractivity contribution is 0.300. The molecule has 0 spiro atoms. The summed E-state index contributed by atoms with van der Waals surface area (Å²) in [6, 6.07) is 14.7. The topological polar surface area (TPSA) is 35.2 Å². The predicted molar refractivity (Wildman–Crippen MR) is 93.2 cm³/mol. The SMILES string of the molecule is CC(C)(C)c1ccc(-c2cc(N)cc(OCC3CC3)c2)cc1. The van der Waals surface area contributed by atoms with Gasteiger partial charge in [0, 0.05) is 11.8 Å². The van der Waals surface area contributed by atoms with E-state index in [0.717, 1.165) is 29.5 Å². The van der Waals surface area contributed by atoms with Crippen LogP contribution in [-0.4, -0.2) is 6.61 Å².